The molecule has 1 fully saturated rings. The Balaban J connectivity index is 1.53. The largest absolute Gasteiger partial charge is 0.466 e. The first kappa shape index (κ1) is 19.6. The molecule has 1 atom stereocenters. The minimum Gasteiger partial charge on any atom is -0.466 e. The molecule has 2 heterocycles. The van der Waals surface area contributed by atoms with Gasteiger partial charge in [-0.25, -0.2) is 9.59 Å². The summed E-state index contributed by atoms with van der Waals surface area (Å²) in [4.78, 5) is 26.0. The Bertz CT molecular complexity index is 689. The van der Waals surface area contributed by atoms with Gasteiger partial charge >= 0.3 is 12.1 Å². The molecule has 0 aromatic carbocycles. The van der Waals surface area contributed by atoms with Crippen molar-refractivity contribution < 1.29 is 18.7 Å². The Morgan fingerprint density at radius 2 is 2.00 bits per heavy atom. The van der Waals surface area contributed by atoms with E-state index in [-0.39, 0.29) is 29.6 Å². The van der Waals surface area contributed by atoms with Gasteiger partial charge in [0.15, 0.2) is 0 Å². The maximum atomic E-state index is 12.6. The van der Waals surface area contributed by atoms with Gasteiger partial charge in [0.1, 0.15) is 11.5 Å². The van der Waals surface area contributed by atoms with Crippen molar-refractivity contribution >= 4 is 12.1 Å². The van der Waals surface area contributed by atoms with Crippen LogP contribution in [0.25, 0.3) is 0 Å². The smallest absolute Gasteiger partial charge is 0.409 e. The van der Waals surface area contributed by atoms with E-state index < -0.39 is 0 Å². The molecule has 3 rings (SSSR count). The zero-order valence-corrected chi connectivity index (χ0v) is 16.8. The summed E-state index contributed by atoms with van der Waals surface area (Å²) in [7, 11) is 0. The summed E-state index contributed by atoms with van der Waals surface area (Å²) in [5, 5.41) is 6.19. The number of hydrogen-bond donors (Lipinski definition) is 2. The Labute approximate surface area is 160 Å². The van der Waals surface area contributed by atoms with Crippen LogP contribution in [-0.4, -0.2) is 42.8 Å². The number of carbonyl (C=O) groups excluding carboxylic acids is 2. The predicted molar refractivity (Wildman–Crippen MR) is 102 cm³/mol. The van der Waals surface area contributed by atoms with Crippen LogP contribution in [0.2, 0.25) is 0 Å². The number of nitrogens with one attached hydrogen (secondary N) is 2. The van der Waals surface area contributed by atoms with Crippen LogP contribution in [0.4, 0.5) is 9.59 Å². The van der Waals surface area contributed by atoms with Gasteiger partial charge in [-0.1, -0.05) is 13.8 Å². The van der Waals surface area contributed by atoms with Crippen molar-refractivity contribution in [2.75, 3.05) is 19.7 Å². The Hall–Kier alpha value is -2.18. The number of ether oxygens (including phenoxy) is 1. The highest BCUT2D eigenvalue weighted by molar-refractivity contribution is 5.75. The molecule has 0 radical (unpaired) electrons. The molecule has 1 aromatic heterocycles. The first-order chi connectivity index (χ1) is 12.8. The second-order valence-corrected chi connectivity index (χ2v) is 8.41. The van der Waals surface area contributed by atoms with Crippen LogP contribution >= 0.6 is 0 Å². The molecular weight excluding hydrogens is 346 g/mol. The van der Waals surface area contributed by atoms with Gasteiger partial charge in [0.2, 0.25) is 0 Å². The number of amides is 3. The zero-order chi connectivity index (χ0) is 19.6. The quantitative estimate of drug-likeness (QED) is 0.844. The number of hydrogen-bond acceptors (Lipinski definition) is 4. The Kier molecular flexibility index (Phi) is 5.67. The van der Waals surface area contributed by atoms with E-state index in [1.807, 2.05) is 13.0 Å². The molecule has 150 valence electrons. The van der Waals surface area contributed by atoms with E-state index >= 15 is 0 Å². The molecule has 1 aliphatic carbocycles. The van der Waals surface area contributed by atoms with Gasteiger partial charge in [-0.15, -0.1) is 0 Å². The standard InChI is InChI=1S/C20H31N3O4/c1-5-26-19(25)23-8-6-14(7-9-23)21-18(24)22-16-11-20(3,4)12-17-15(16)10-13(2)27-17/h10,14,16H,5-9,11-12H2,1-4H3,(H2,21,22,24). The average Bonchev–Trinajstić information content (AvgIpc) is 2.94. The molecule has 0 spiro atoms. The lowest BCUT2D eigenvalue weighted by molar-refractivity contribution is 0.0956. The van der Waals surface area contributed by atoms with Crippen LogP contribution in [0.1, 0.15) is 63.2 Å². The van der Waals surface area contributed by atoms with Crippen LogP contribution in [-0.2, 0) is 11.2 Å². The molecule has 27 heavy (non-hydrogen) atoms. The van der Waals surface area contributed by atoms with Gasteiger partial charge in [-0.2, -0.15) is 0 Å². The molecule has 2 aliphatic rings. The summed E-state index contributed by atoms with van der Waals surface area (Å²) in [5.41, 5.74) is 1.18. The molecule has 1 aromatic rings. The van der Waals surface area contributed by atoms with Crippen molar-refractivity contribution in [2.24, 2.45) is 5.41 Å². The number of fused-ring (bicyclic) bond motifs is 1. The highest BCUT2D eigenvalue weighted by atomic mass is 16.6. The van der Waals surface area contributed by atoms with Crippen LogP contribution in [0, 0.1) is 12.3 Å². The molecular formula is C20H31N3O4. The minimum atomic E-state index is -0.271. The third-order valence-corrected chi connectivity index (χ3v) is 5.40. The van der Waals surface area contributed by atoms with Crippen molar-refractivity contribution in [2.45, 2.75) is 65.5 Å². The first-order valence-electron chi connectivity index (χ1n) is 9.85. The lowest BCUT2D eigenvalue weighted by Crippen LogP contribution is -2.50. The number of nitrogens with zero attached hydrogens (tertiary/aromatic N) is 1. The van der Waals surface area contributed by atoms with E-state index in [9.17, 15) is 9.59 Å². The van der Waals surface area contributed by atoms with Gasteiger partial charge in [0.05, 0.1) is 12.6 Å². The van der Waals surface area contributed by atoms with Gasteiger partial charge in [-0.3, -0.25) is 0 Å². The van der Waals surface area contributed by atoms with E-state index in [4.69, 9.17) is 9.15 Å². The van der Waals surface area contributed by atoms with Crippen LogP contribution < -0.4 is 10.6 Å². The molecule has 1 unspecified atom stereocenters. The van der Waals surface area contributed by atoms with E-state index in [1.54, 1.807) is 11.8 Å². The number of carbonyl (C=O) groups is 2. The zero-order valence-electron chi connectivity index (χ0n) is 16.8. The SMILES string of the molecule is CCOC(=O)N1CCC(NC(=O)NC2CC(C)(C)Cc3oc(C)cc32)CC1. The summed E-state index contributed by atoms with van der Waals surface area (Å²) in [5.74, 6) is 1.87. The summed E-state index contributed by atoms with van der Waals surface area (Å²) >= 11 is 0. The lowest BCUT2D eigenvalue weighted by atomic mass is 9.75. The van der Waals surface area contributed by atoms with Crippen LogP contribution in [0.5, 0.6) is 0 Å². The van der Waals surface area contributed by atoms with Crippen molar-refractivity contribution in [3.05, 3.63) is 23.2 Å². The average molecular weight is 377 g/mol. The fraction of sp³-hybridized carbons (Fsp3) is 0.700. The molecule has 7 heteroatoms. The monoisotopic (exact) mass is 377 g/mol. The first-order valence-corrected chi connectivity index (χ1v) is 9.85. The van der Waals surface area contributed by atoms with Crippen molar-refractivity contribution in [3.63, 3.8) is 0 Å². The maximum Gasteiger partial charge on any atom is 0.409 e. The van der Waals surface area contributed by atoms with Crippen LogP contribution in [0.3, 0.4) is 0 Å². The molecule has 2 N–H and O–H groups in total. The van der Waals surface area contributed by atoms with E-state index in [1.165, 1.54) is 0 Å². The summed E-state index contributed by atoms with van der Waals surface area (Å²) in [6.45, 7) is 9.73. The predicted octanol–water partition coefficient (Wildman–Crippen LogP) is 3.52. The number of furan rings is 1. The highest BCUT2D eigenvalue weighted by Crippen LogP contribution is 2.41. The number of aryl methyl sites for hydroxylation is 1. The molecule has 1 aliphatic heterocycles. The Morgan fingerprint density at radius 3 is 2.67 bits per heavy atom. The summed E-state index contributed by atoms with van der Waals surface area (Å²) < 4.78 is 10.9. The summed E-state index contributed by atoms with van der Waals surface area (Å²) in [6, 6.07) is 1.91. The summed E-state index contributed by atoms with van der Waals surface area (Å²) in [6.07, 6.45) is 2.97. The minimum absolute atomic E-state index is 0.0409. The van der Waals surface area contributed by atoms with Gasteiger partial charge in [-0.05, 0) is 44.6 Å². The van der Waals surface area contributed by atoms with Gasteiger partial charge < -0.3 is 24.7 Å². The molecule has 0 bridgehead atoms. The van der Waals surface area contributed by atoms with E-state index in [0.29, 0.717) is 19.7 Å². The highest BCUT2D eigenvalue weighted by Gasteiger charge is 2.36. The normalized spacial score (nSPS) is 22.1. The van der Waals surface area contributed by atoms with Gasteiger partial charge in [0, 0.05) is 31.1 Å². The second kappa shape index (κ2) is 7.82. The second-order valence-electron chi connectivity index (χ2n) is 8.41. The topological polar surface area (TPSA) is 83.8 Å². The fourth-order valence-corrected chi connectivity index (χ4v) is 4.12. The molecule has 1 saturated heterocycles. The van der Waals surface area contributed by atoms with Crippen LogP contribution in [0.15, 0.2) is 10.5 Å². The number of rotatable bonds is 3. The number of likely N-dealkylation sites (tertiary alicyclic amines) is 1. The van der Waals surface area contributed by atoms with Crippen molar-refractivity contribution in [1.29, 1.82) is 0 Å². The van der Waals surface area contributed by atoms with Crippen molar-refractivity contribution in [3.8, 4) is 0 Å². The van der Waals surface area contributed by atoms with E-state index in [2.05, 4.69) is 24.5 Å². The molecule has 0 saturated carbocycles. The third kappa shape index (κ3) is 4.76. The van der Waals surface area contributed by atoms with Gasteiger partial charge in [0.25, 0.3) is 0 Å². The van der Waals surface area contributed by atoms with Crippen molar-refractivity contribution in [1.82, 2.24) is 15.5 Å². The molecule has 3 amide bonds. The third-order valence-electron chi connectivity index (χ3n) is 5.40. The fourth-order valence-electron chi connectivity index (χ4n) is 4.12. The maximum absolute atomic E-state index is 12.6. The van der Waals surface area contributed by atoms with E-state index in [0.717, 1.165) is 42.8 Å². The number of urea groups is 1. The Morgan fingerprint density at radius 1 is 1.30 bits per heavy atom. The number of piperidine rings is 1. The molecule has 7 nitrogen and oxygen atoms in total. The lowest BCUT2D eigenvalue weighted by Gasteiger charge is -2.35.